The number of benzene rings is 4. The van der Waals surface area contributed by atoms with Crippen molar-refractivity contribution in [1.82, 2.24) is 0 Å². The highest BCUT2D eigenvalue weighted by Gasteiger charge is 2.30. The lowest BCUT2D eigenvalue weighted by Gasteiger charge is -2.13. The summed E-state index contributed by atoms with van der Waals surface area (Å²) in [6.07, 6.45) is -3.46. The molecule has 4 rings (SSSR count). The summed E-state index contributed by atoms with van der Waals surface area (Å²) in [5.41, 5.74) is -0.0739. The summed E-state index contributed by atoms with van der Waals surface area (Å²) in [5, 5.41) is 0. The number of nitrogens with zero attached hydrogens (tertiary/aromatic N) is 1. The number of carbonyl (C=O) groups excluding carboxylic acids is 2. The van der Waals surface area contributed by atoms with Crippen LogP contribution in [0, 0.1) is 11.6 Å². The molecule has 0 fully saturated rings. The van der Waals surface area contributed by atoms with E-state index in [1.165, 1.54) is 6.08 Å². The zero-order valence-electron chi connectivity index (χ0n) is 21.6. The molecule has 0 bridgehead atoms. The van der Waals surface area contributed by atoms with Gasteiger partial charge in [0.15, 0.2) is 5.78 Å². The second kappa shape index (κ2) is 12.5. The Balaban J connectivity index is 1.79. The summed E-state index contributed by atoms with van der Waals surface area (Å²) >= 11 is 0. The number of rotatable bonds is 8. The lowest BCUT2D eigenvalue weighted by molar-refractivity contribution is -0.137. The van der Waals surface area contributed by atoms with Crippen molar-refractivity contribution in [1.29, 1.82) is 0 Å². The van der Waals surface area contributed by atoms with E-state index in [-0.39, 0.29) is 45.9 Å². The Morgan fingerprint density at radius 2 is 1.46 bits per heavy atom. The Bertz CT molecular complexity index is 1630. The highest BCUT2D eigenvalue weighted by Crippen LogP contribution is 2.33. The lowest BCUT2D eigenvalue weighted by Crippen LogP contribution is -2.15. The minimum Gasteiger partial charge on any atom is -0.465 e. The number of allylic oxidation sites excluding steroid dienone is 1. The third kappa shape index (κ3) is 7.00. The maximum absolute atomic E-state index is 14.8. The summed E-state index contributed by atoms with van der Waals surface area (Å²) in [6.45, 7) is 0. The van der Waals surface area contributed by atoms with Gasteiger partial charge < -0.3 is 4.74 Å². The van der Waals surface area contributed by atoms with E-state index >= 15 is 0 Å². The van der Waals surface area contributed by atoms with Gasteiger partial charge >= 0.3 is 12.1 Å². The van der Waals surface area contributed by atoms with Crippen LogP contribution < -0.4 is 0 Å². The van der Waals surface area contributed by atoms with Crippen LogP contribution in [-0.2, 0) is 15.7 Å². The van der Waals surface area contributed by atoms with E-state index < -0.39 is 29.3 Å². The smallest absolute Gasteiger partial charge is 0.416 e. The fourth-order valence-corrected chi connectivity index (χ4v) is 4.07. The van der Waals surface area contributed by atoms with Crippen LogP contribution in [0.25, 0.3) is 5.57 Å². The largest absolute Gasteiger partial charge is 0.465 e. The van der Waals surface area contributed by atoms with Crippen molar-refractivity contribution >= 4 is 28.7 Å². The quantitative estimate of drug-likeness (QED) is 0.0945. The van der Waals surface area contributed by atoms with Gasteiger partial charge in [-0.05, 0) is 47.5 Å². The van der Waals surface area contributed by atoms with Crippen molar-refractivity contribution in [3.63, 3.8) is 0 Å². The minimum absolute atomic E-state index is 0.0986. The molecule has 0 saturated heterocycles. The number of esters is 1. The second-order valence-electron chi connectivity index (χ2n) is 8.78. The van der Waals surface area contributed by atoms with Gasteiger partial charge in [0.1, 0.15) is 17.3 Å². The average molecular weight is 564 g/mol. The maximum Gasteiger partial charge on any atom is 0.416 e. The van der Waals surface area contributed by atoms with Crippen LogP contribution in [0.5, 0.6) is 0 Å². The van der Waals surface area contributed by atoms with Crippen molar-refractivity contribution in [2.24, 2.45) is 4.99 Å². The van der Waals surface area contributed by atoms with E-state index in [1.807, 2.05) is 0 Å². The van der Waals surface area contributed by atoms with Gasteiger partial charge in [0.2, 0.25) is 0 Å². The minimum atomic E-state index is -4.58. The third-order valence-corrected chi connectivity index (χ3v) is 6.11. The van der Waals surface area contributed by atoms with Gasteiger partial charge in [0.05, 0.1) is 18.4 Å². The highest BCUT2D eigenvalue weighted by atomic mass is 19.4. The van der Waals surface area contributed by atoms with Gasteiger partial charge in [0, 0.05) is 29.2 Å². The molecule has 0 spiro atoms. The predicted molar refractivity (Wildman–Crippen MR) is 145 cm³/mol. The van der Waals surface area contributed by atoms with E-state index in [0.29, 0.717) is 11.6 Å². The lowest BCUT2D eigenvalue weighted by atomic mass is 9.94. The first-order valence-corrected chi connectivity index (χ1v) is 12.3. The molecule has 0 aliphatic heterocycles. The van der Waals surface area contributed by atoms with Crippen LogP contribution in [-0.4, -0.2) is 24.6 Å². The second-order valence-corrected chi connectivity index (χ2v) is 8.78. The molecule has 9 heteroatoms. The molecular weight excluding hydrogens is 541 g/mol. The van der Waals surface area contributed by atoms with Crippen molar-refractivity contribution in [2.75, 3.05) is 7.11 Å². The van der Waals surface area contributed by atoms with E-state index in [4.69, 9.17) is 4.74 Å². The number of ether oxygens (including phenoxy) is 1. The van der Waals surface area contributed by atoms with E-state index in [9.17, 15) is 31.5 Å². The number of aliphatic imine (C=N–C) groups is 1. The summed E-state index contributed by atoms with van der Waals surface area (Å²) < 4.78 is 72.7. The molecule has 4 aromatic rings. The molecule has 0 unspecified atom stereocenters. The number of methoxy groups -OCH3 is 1. The van der Waals surface area contributed by atoms with Crippen LogP contribution in [0.1, 0.15) is 39.0 Å². The number of halogens is 5. The molecule has 0 heterocycles. The first-order chi connectivity index (χ1) is 19.6. The van der Waals surface area contributed by atoms with Gasteiger partial charge in [-0.2, -0.15) is 13.2 Å². The van der Waals surface area contributed by atoms with Crippen LogP contribution in [0.4, 0.5) is 27.6 Å². The first-order valence-electron chi connectivity index (χ1n) is 12.3. The number of ketones is 1. The van der Waals surface area contributed by atoms with Crippen LogP contribution in [0.2, 0.25) is 0 Å². The fourth-order valence-electron chi connectivity index (χ4n) is 4.07. The van der Waals surface area contributed by atoms with E-state index in [1.54, 1.807) is 54.6 Å². The summed E-state index contributed by atoms with van der Waals surface area (Å²) in [5.74, 6) is -2.96. The molecule has 4 nitrogen and oxygen atoms in total. The zero-order chi connectivity index (χ0) is 29.6. The molecule has 0 aliphatic rings. The molecule has 0 amide bonds. The Morgan fingerprint density at radius 3 is 2.10 bits per heavy atom. The number of carbonyl (C=O) groups is 2. The van der Waals surface area contributed by atoms with Crippen molar-refractivity contribution in [2.45, 2.75) is 12.6 Å². The molecule has 41 heavy (non-hydrogen) atoms. The van der Waals surface area contributed by atoms with Gasteiger partial charge in [0.25, 0.3) is 0 Å². The van der Waals surface area contributed by atoms with Gasteiger partial charge in [-0.1, -0.05) is 60.7 Å². The van der Waals surface area contributed by atoms with Crippen molar-refractivity contribution in [3.05, 3.63) is 143 Å². The number of alkyl halides is 3. The molecule has 0 atom stereocenters. The maximum atomic E-state index is 14.8. The standard InChI is InChI=1S/C32H22F5NO3/c1-41-31(40)29(38-28-10-6-5-9-26(28)30(39)21-7-3-2-4-8-21)18-17-24(25-16-15-23(33)19-27(25)34)20-11-13-22(14-12-20)32(35,36)37/h2-17,19H,18H2,1H3. The summed E-state index contributed by atoms with van der Waals surface area (Å²) in [4.78, 5) is 30.2. The molecule has 0 N–H and O–H groups in total. The van der Waals surface area contributed by atoms with Crippen molar-refractivity contribution < 1.29 is 36.3 Å². The molecule has 208 valence electrons. The van der Waals surface area contributed by atoms with Gasteiger partial charge in [-0.15, -0.1) is 0 Å². The van der Waals surface area contributed by atoms with E-state index in [2.05, 4.69) is 4.99 Å². The highest BCUT2D eigenvalue weighted by molar-refractivity contribution is 6.37. The Labute approximate surface area is 232 Å². The van der Waals surface area contributed by atoms with Crippen LogP contribution in [0.15, 0.2) is 108 Å². The number of para-hydroxylation sites is 1. The molecule has 4 aromatic carbocycles. The van der Waals surface area contributed by atoms with Crippen molar-refractivity contribution in [3.8, 4) is 0 Å². The number of hydrogen-bond acceptors (Lipinski definition) is 4. The fraction of sp³-hybridized carbons (Fsp3) is 0.0938. The third-order valence-electron chi connectivity index (χ3n) is 6.11. The van der Waals surface area contributed by atoms with Crippen LogP contribution >= 0.6 is 0 Å². The Kier molecular flexibility index (Phi) is 8.87. The molecule has 0 aromatic heterocycles. The van der Waals surface area contributed by atoms with Gasteiger partial charge in [-0.25, -0.2) is 18.6 Å². The molecule has 0 aliphatic carbocycles. The van der Waals surface area contributed by atoms with Crippen LogP contribution in [0.3, 0.4) is 0 Å². The summed E-state index contributed by atoms with van der Waals surface area (Å²) in [7, 11) is 1.14. The topological polar surface area (TPSA) is 55.7 Å². The first kappa shape index (κ1) is 29.1. The SMILES string of the molecule is COC(=O)C(CC=C(c1ccc(C(F)(F)F)cc1)c1ccc(F)cc1F)=Nc1ccccc1C(=O)c1ccccc1. The van der Waals surface area contributed by atoms with Gasteiger partial charge in [-0.3, -0.25) is 4.79 Å². The molecule has 0 saturated carbocycles. The summed E-state index contributed by atoms with van der Waals surface area (Å²) in [6, 6.07) is 21.6. The normalized spacial score (nSPS) is 12.2. The predicted octanol–water partition coefficient (Wildman–Crippen LogP) is 7.98. The average Bonchev–Trinajstić information content (AvgIpc) is 2.97. The zero-order valence-corrected chi connectivity index (χ0v) is 21.6. The molecule has 0 radical (unpaired) electrons. The molecular formula is C32H22F5NO3. The number of hydrogen-bond donors (Lipinski definition) is 0. The Morgan fingerprint density at radius 1 is 0.805 bits per heavy atom. The Hall–Kier alpha value is -4.92. The monoisotopic (exact) mass is 563 g/mol. The van der Waals surface area contributed by atoms with E-state index in [0.717, 1.165) is 43.5 Å².